The number of phenolic OH excluding ortho intramolecular Hbond substituents is 1. The van der Waals surface area contributed by atoms with E-state index in [1.165, 1.54) is 24.1 Å². The van der Waals surface area contributed by atoms with E-state index in [1.54, 1.807) is 49.4 Å². The second-order valence-electron chi connectivity index (χ2n) is 5.69. The topological polar surface area (TPSA) is 66.8 Å². The van der Waals surface area contributed by atoms with Gasteiger partial charge in [-0.15, -0.1) is 0 Å². The van der Waals surface area contributed by atoms with E-state index in [9.17, 15) is 14.7 Å². The molecule has 0 fully saturated rings. The Morgan fingerprint density at radius 3 is 2.42 bits per heavy atom. The van der Waals surface area contributed by atoms with Crippen molar-refractivity contribution in [2.24, 2.45) is 0 Å². The molecule has 2 aromatic rings. The highest BCUT2D eigenvalue weighted by Gasteiger charge is 2.38. The molecule has 26 heavy (non-hydrogen) atoms. The average molecular weight is 370 g/mol. The van der Waals surface area contributed by atoms with E-state index < -0.39 is 5.97 Å². The molecular weight excluding hydrogens is 354 g/mol. The monoisotopic (exact) mass is 369 g/mol. The first-order chi connectivity index (χ1) is 12.4. The molecule has 1 N–H and O–H groups in total. The summed E-state index contributed by atoms with van der Waals surface area (Å²) in [5, 5.41) is 9.82. The number of aromatic hydroxyl groups is 1. The third-order valence-electron chi connectivity index (χ3n) is 4.09. The first kappa shape index (κ1) is 17.8. The molecule has 0 aromatic heterocycles. The number of hydrogen-bond acceptors (Lipinski definition) is 4. The van der Waals surface area contributed by atoms with Crippen LogP contribution in [0.5, 0.6) is 5.75 Å². The molecule has 0 radical (unpaired) electrons. The lowest BCUT2D eigenvalue weighted by Gasteiger charge is -2.19. The minimum atomic E-state index is -0.601. The smallest absolute Gasteiger partial charge is 0.340 e. The van der Waals surface area contributed by atoms with E-state index in [0.29, 0.717) is 22.0 Å². The lowest BCUT2D eigenvalue weighted by Crippen LogP contribution is -2.24. The molecule has 1 aliphatic heterocycles. The SMILES string of the molecule is COC(=O)C1=C(C)N(c2ccccc2Cl)C(=O)C1=Cc1ccc(O)cc1. The summed E-state index contributed by atoms with van der Waals surface area (Å²) < 4.78 is 4.86. The van der Waals surface area contributed by atoms with Gasteiger partial charge in [-0.3, -0.25) is 9.69 Å². The van der Waals surface area contributed by atoms with E-state index in [1.807, 2.05) is 0 Å². The fourth-order valence-electron chi connectivity index (χ4n) is 2.84. The summed E-state index contributed by atoms with van der Waals surface area (Å²) in [6.07, 6.45) is 1.59. The summed E-state index contributed by atoms with van der Waals surface area (Å²) in [5.41, 5.74) is 2.00. The van der Waals surface area contributed by atoms with Crippen LogP contribution in [0.1, 0.15) is 12.5 Å². The summed E-state index contributed by atoms with van der Waals surface area (Å²) in [6.45, 7) is 1.67. The van der Waals surface area contributed by atoms with Gasteiger partial charge < -0.3 is 9.84 Å². The second-order valence-corrected chi connectivity index (χ2v) is 6.10. The number of benzene rings is 2. The molecule has 0 saturated carbocycles. The second kappa shape index (κ2) is 7.06. The number of para-hydroxylation sites is 1. The van der Waals surface area contributed by atoms with Gasteiger partial charge in [0.1, 0.15) is 5.75 Å². The number of allylic oxidation sites excluding steroid dienone is 1. The van der Waals surface area contributed by atoms with Crippen LogP contribution in [0.15, 0.2) is 65.4 Å². The number of ether oxygens (including phenoxy) is 1. The Kier molecular flexibility index (Phi) is 4.82. The molecule has 1 amide bonds. The van der Waals surface area contributed by atoms with Gasteiger partial charge in [0.2, 0.25) is 0 Å². The zero-order valence-corrected chi connectivity index (χ0v) is 14.9. The number of amides is 1. The maximum absolute atomic E-state index is 13.1. The predicted octanol–water partition coefficient (Wildman–Crippen LogP) is 3.92. The Hall–Kier alpha value is -3.05. The number of methoxy groups -OCH3 is 1. The lowest BCUT2D eigenvalue weighted by molar-refractivity contribution is -0.136. The van der Waals surface area contributed by atoms with Gasteiger partial charge in [0.25, 0.3) is 5.91 Å². The zero-order chi connectivity index (χ0) is 18.8. The molecule has 3 rings (SSSR count). The van der Waals surface area contributed by atoms with Gasteiger partial charge in [0.05, 0.1) is 29.0 Å². The molecule has 1 heterocycles. The Balaban J connectivity index is 2.16. The van der Waals surface area contributed by atoms with Crippen LogP contribution >= 0.6 is 11.6 Å². The van der Waals surface area contributed by atoms with Crippen molar-refractivity contribution in [2.45, 2.75) is 6.92 Å². The number of nitrogens with zero attached hydrogens (tertiary/aromatic N) is 1. The van der Waals surface area contributed by atoms with E-state index >= 15 is 0 Å². The van der Waals surface area contributed by atoms with Crippen molar-refractivity contribution in [1.82, 2.24) is 0 Å². The molecule has 132 valence electrons. The fraction of sp³-hybridized carbons (Fsp3) is 0.100. The van der Waals surface area contributed by atoms with Crippen LogP contribution in [-0.4, -0.2) is 24.1 Å². The Morgan fingerprint density at radius 1 is 1.15 bits per heavy atom. The first-order valence-electron chi connectivity index (χ1n) is 7.83. The van der Waals surface area contributed by atoms with Crippen LogP contribution in [0, 0.1) is 0 Å². The number of anilines is 1. The summed E-state index contributed by atoms with van der Waals surface area (Å²) >= 11 is 6.24. The van der Waals surface area contributed by atoms with Crippen molar-refractivity contribution >= 4 is 35.2 Å². The summed E-state index contributed by atoms with van der Waals surface area (Å²) in [5.74, 6) is -0.859. The van der Waals surface area contributed by atoms with Gasteiger partial charge in [0.15, 0.2) is 0 Å². The van der Waals surface area contributed by atoms with E-state index in [0.717, 1.165) is 0 Å². The third kappa shape index (κ3) is 3.09. The standard InChI is InChI=1S/C20H16ClNO4/c1-12-18(20(25)26-2)15(11-13-7-9-14(23)10-8-13)19(24)22(12)17-6-4-3-5-16(17)21/h3-11,23H,1-2H3. The number of carbonyl (C=O) groups is 2. The molecule has 0 bridgehead atoms. The molecule has 6 heteroatoms. The molecular formula is C20H16ClNO4. The minimum absolute atomic E-state index is 0.113. The number of rotatable bonds is 3. The molecule has 0 unspecified atom stereocenters. The molecule has 0 atom stereocenters. The Morgan fingerprint density at radius 2 is 1.81 bits per heavy atom. The normalized spacial score (nSPS) is 15.7. The van der Waals surface area contributed by atoms with Gasteiger partial charge in [-0.2, -0.15) is 0 Å². The van der Waals surface area contributed by atoms with E-state index in [2.05, 4.69) is 0 Å². The van der Waals surface area contributed by atoms with Crippen LogP contribution < -0.4 is 4.90 Å². The summed E-state index contributed by atoms with van der Waals surface area (Å²) in [4.78, 5) is 26.8. The number of carbonyl (C=O) groups excluding carboxylic acids is 2. The van der Waals surface area contributed by atoms with Gasteiger partial charge >= 0.3 is 5.97 Å². The van der Waals surface area contributed by atoms with Gasteiger partial charge in [0, 0.05) is 5.70 Å². The molecule has 2 aromatic carbocycles. The van der Waals surface area contributed by atoms with Crippen molar-refractivity contribution in [3.05, 3.63) is 76.0 Å². The first-order valence-corrected chi connectivity index (χ1v) is 8.21. The van der Waals surface area contributed by atoms with Crippen LogP contribution in [0.2, 0.25) is 5.02 Å². The molecule has 0 spiro atoms. The number of halogens is 1. The largest absolute Gasteiger partial charge is 0.508 e. The van der Waals surface area contributed by atoms with Crippen molar-refractivity contribution in [3.63, 3.8) is 0 Å². The highest BCUT2D eigenvalue weighted by Crippen LogP contribution is 2.38. The third-order valence-corrected chi connectivity index (χ3v) is 4.41. The lowest BCUT2D eigenvalue weighted by atomic mass is 10.0. The quantitative estimate of drug-likeness (QED) is 0.657. The predicted molar refractivity (Wildman–Crippen MR) is 99.7 cm³/mol. The summed E-state index contributed by atoms with van der Waals surface area (Å²) in [6, 6.07) is 13.2. The van der Waals surface area contributed by atoms with E-state index in [-0.39, 0.29) is 22.8 Å². The van der Waals surface area contributed by atoms with Crippen LogP contribution in [0.3, 0.4) is 0 Å². The number of esters is 1. The summed E-state index contributed by atoms with van der Waals surface area (Å²) in [7, 11) is 1.27. The van der Waals surface area contributed by atoms with Crippen LogP contribution in [0.25, 0.3) is 6.08 Å². The van der Waals surface area contributed by atoms with Crippen molar-refractivity contribution < 1.29 is 19.4 Å². The highest BCUT2D eigenvalue weighted by molar-refractivity contribution is 6.35. The zero-order valence-electron chi connectivity index (χ0n) is 14.2. The fourth-order valence-corrected chi connectivity index (χ4v) is 3.06. The molecule has 5 nitrogen and oxygen atoms in total. The molecule has 0 saturated heterocycles. The maximum atomic E-state index is 13.1. The Bertz CT molecular complexity index is 945. The van der Waals surface area contributed by atoms with Crippen LogP contribution in [0.4, 0.5) is 5.69 Å². The van der Waals surface area contributed by atoms with Crippen molar-refractivity contribution in [3.8, 4) is 5.75 Å². The minimum Gasteiger partial charge on any atom is -0.508 e. The Labute approximate surface area is 155 Å². The van der Waals surface area contributed by atoms with Gasteiger partial charge in [-0.25, -0.2) is 4.79 Å². The van der Waals surface area contributed by atoms with Crippen LogP contribution in [-0.2, 0) is 14.3 Å². The molecule has 1 aliphatic rings. The molecule has 0 aliphatic carbocycles. The van der Waals surface area contributed by atoms with E-state index in [4.69, 9.17) is 16.3 Å². The van der Waals surface area contributed by atoms with Crippen molar-refractivity contribution in [1.29, 1.82) is 0 Å². The number of hydrogen-bond donors (Lipinski definition) is 1. The van der Waals surface area contributed by atoms with Gasteiger partial charge in [-0.1, -0.05) is 35.9 Å². The van der Waals surface area contributed by atoms with Gasteiger partial charge in [-0.05, 0) is 42.8 Å². The van der Waals surface area contributed by atoms with Crippen molar-refractivity contribution in [2.75, 3.05) is 12.0 Å². The average Bonchev–Trinajstić information content (AvgIpc) is 2.87. The highest BCUT2D eigenvalue weighted by atomic mass is 35.5. The maximum Gasteiger partial charge on any atom is 0.340 e. The number of phenols is 1.